The molecule has 0 atom stereocenters. The van der Waals surface area contributed by atoms with Crippen LogP contribution in [0.3, 0.4) is 0 Å². The third-order valence-corrected chi connectivity index (χ3v) is 8.19. The summed E-state index contributed by atoms with van der Waals surface area (Å²) < 4.78 is 22.9. The maximum absolute atomic E-state index is 15.2. The van der Waals surface area contributed by atoms with E-state index in [0.29, 0.717) is 37.3 Å². The van der Waals surface area contributed by atoms with Gasteiger partial charge in [0.1, 0.15) is 5.82 Å². The van der Waals surface area contributed by atoms with Crippen LogP contribution in [0.4, 0.5) is 10.1 Å². The molecule has 5 nitrogen and oxygen atoms in total. The second kappa shape index (κ2) is 7.55. The van der Waals surface area contributed by atoms with Crippen LogP contribution in [0.25, 0.3) is 5.69 Å². The molecule has 4 aliphatic rings. The van der Waals surface area contributed by atoms with Crippen LogP contribution < -0.4 is 5.32 Å². The van der Waals surface area contributed by atoms with Crippen molar-refractivity contribution in [3.05, 3.63) is 46.0 Å². The summed E-state index contributed by atoms with van der Waals surface area (Å²) in [6.07, 6.45) is 11.0. The molecular formula is C26H29FN2O3. The summed E-state index contributed by atoms with van der Waals surface area (Å²) in [5.74, 6) is -0.316. The van der Waals surface area contributed by atoms with Crippen LogP contribution in [0, 0.1) is 11.2 Å². The van der Waals surface area contributed by atoms with Crippen molar-refractivity contribution in [2.24, 2.45) is 5.41 Å². The lowest BCUT2D eigenvalue weighted by atomic mass is 9.60. The number of hydrogen-bond acceptors (Lipinski definition) is 4. The number of ether oxygens (including phenoxy) is 1. The van der Waals surface area contributed by atoms with Crippen molar-refractivity contribution in [1.82, 2.24) is 4.57 Å². The lowest BCUT2D eigenvalue weighted by Crippen LogP contribution is -2.39. The first-order valence-corrected chi connectivity index (χ1v) is 12.0. The summed E-state index contributed by atoms with van der Waals surface area (Å²) in [5, 5.41) is 3.46. The van der Waals surface area contributed by atoms with Gasteiger partial charge < -0.3 is 14.6 Å². The largest absolute Gasteiger partial charge is 0.382 e. The van der Waals surface area contributed by atoms with E-state index in [9.17, 15) is 9.59 Å². The number of fused-ring (bicyclic) bond motifs is 3. The summed E-state index contributed by atoms with van der Waals surface area (Å²) in [6, 6.07) is 3.60. The van der Waals surface area contributed by atoms with Gasteiger partial charge in [0.05, 0.1) is 30.2 Å². The predicted octanol–water partition coefficient (Wildman–Crippen LogP) is 5.50. The normalized spacial score (nSPS) is 21.8. The first-order chi connectivity index (χ1) is 15.6. The van der Waals surface area contributed by atoms with Gasteiger partial charge in [-0.2, -0.15) is 0 Å². The van der Waals surface area contributed by atoms with Crippen molar-refractivity contribution in [3.8, 4) is 5.69 Å². The fraction of sp³-hybridized carbons (Fsp3) is 0.538. The summed E-state index contributed by atoms with van der Waals surface area (Å²) in [5.41, 5.74) is 5.13. The Balaban J connectivity index is 1.48. The molecule has 2 saturated carbocycles. The van der Waals surface area contributed by atoms with Crippen molar-refractivity contribution in [2.45, 2.75) is 83.5 Å². The summed E-state index contributed by atoms with van der Waals surface area (Å²) in [7, 11) is 0. The van der Waals surface area contributed by atoms with Gasteiger partial charge in [-0.3, -0.25) is 9.59 Å². The highest BCUT2D eigenvalue weighted by Crippen LogP contribution is 2.52. The zero-order valence-corrected chi connectivity index (χ0v) is 18.3. The molecule has 32 heavy (non-hydrogen) atoms. The smallest absolute Gasteiger partial charge is 0.165 e. The summed E-state index contributed by atoms with van der Waals surface area (Å²) >= 11 is 0. The second-order valence-electron chi connectivity index (χ2n) is 10.2. The SMILES string of the molecule is O=Cc1c(F)cc(-n2c3c(c4c2CC2(CCC2)CC4=O)COC3)cc1NC1CCCCC1. The number of carbonyl (C=O) groups excluding carboxylic acids is 2. The van der Waals surface area contributed by atoms with E-state index in [2.05, 4.69) is 9.88 Å². The Morgan fingerprint density at radius 2 is 1.88 bits per heavy atom. The van der Waals surface area contributed by atoms with Gasteiger partial charge in [0.25, 0.3) is 0 Å². The van der Waals surface area contributed by atoms with Crippen LogP contribution in [-0.4, -0.2) is 22.7 Å². The van der Waals surface area contributed by atoms with Crippen LogP contribution in [0.1, 0.15) is 95.5 Å². The zero-order chi connectivity index (χ0) is 21.9. The molecule has 0 bridgehead atoms. The molecule has 1 aliphatic heterocycles. The molecule has 1 spiro atoms. The number of rotatable bonds is 4. The Morgan fingerprint density at radius 3 is 2.59 bits per heavy atom. The highest BCUT2D eigenvalue weighted by molar-refractivity contribution is 6.01. The Labute approximate surface area is 187 Å². The number of benzene rings is 1. The van der Waals surface area contributed by atoms with E-state index in [1.165, 1.54) is 18.9 Å². The van der Waals surface area contributed by atoms with Crippen molar-refractivity contribution in [1.29, 1.82) is 0 Å². The van der Waals surface area contributed by atoms with Crippen molar-refractivity contribution >= 4 is 17.8 Å². The highest BCUT2D eigenvalue weighted by Gasteiger charge is 2.46. The number of hydrogen-bond donors (Lipinski definition) is 1. The minimum atomic E-state index is -0.522. The molecule has 2 fully saturated rings. The van der Waals surface area contributed by atoms with Crippen LogP contribution in [0.15, 0.2) is 12.1 Å². The fourth-order valence-corrected chi connectivity index (χ4v) is 6.41. The molecule has 0 amide bonds. The third-order valence-electron chi connectivity index (χ3n) is 8.19. The van der Waals surface area contributed by atoms with Crippen LogP contribution in [0.5, 0.6) is 0 Å². The molecule has 1 aromatic carbocycles. The fourth-order valence-electron chi connectivity index (χ4n) is 6.41. The molecule has 3 aliphatic carbocycles. The number of halogens is 1. The molecule has 0 saturated heterocycles. The van der Waals surface area contributed by atoms with E-state index in [0.717, 1.165) is 67.5 Å². The van der Waals surface area contributed by atoms with E-state index < -0.39 is 5.82 Å². The molecule has 2 aromatic rings. The molecule has 6 heteroatoms. The lowest BCUT2D eigenvalue weighted by Gasteiger charge is -2.44. The van der Waals surface area contributed by atoms with E-state index in [-0.39, 0.29) is 22.8 Å². The van der Waals surface area contributed by atoms with Gasteiger partial charge in [-0.1, -0.05) is 25.7 Å². The van der Waals surface area contributed by atoms with Crippen LogP contribution in [-0.2, 0) is 24.4 Å². The van der Waals surface area contributed by atoms with Gasteiger partial charge >= 0.3 is 0 Å². The predicted molar refractivity (Wildman–Crippen MR) is 119 cm³/mol. The molecule has 1 N–H and O–H groups in total. The number of nitrogens with zero attached hydrogens (tertiary/aromatic N) is 1. The van der Waals surface area contributed by atoms with Gasteiger partial charge in [0, 0.05) is 35.0 Å². The minimum absolute atomic E-state index is 0.0687. The van der Waals surface area contributed by atoms with Crippen molar-refractivity contribution < 1.29 is 18.7 Å². The molecule has 2 heterocycles. The van der Waals surface area contributed by atoms with Gasteiger partial charge in [0.2, 0.25) is 0 Å². The Hall–Kier alpha value is -2.47. The Kier molecular flexibility index (Phi) is 4.75. The Bertz CT molecular complexity index is 1110. The topological polar surface area (TPSA) is 60.3 Å². The van der Waals surface area contributed by atoms with Crippen LogP contribution >= 0.6 is 0 Å². The molecule has 0 radical (unpaired) electrons. The van der Waals surface area contributed by atoms with Gasteiger partial charge in [0.15, 0.2) is 12.1 Å². The first-order valence-electron chi connectivity index (χ1n) is 12.0. The highest BCUT2D eigenvalue weighted by atomic mass is 19.1. The van der Waals surface area contributed by atoms with E-state index in [1.807, 2.05) is 6.07 Å². The van der Waals surface area contributed by atoms with E-state index in [4.69, 9.17) is 4.74 Å². The molecule has 6 rings (SSSR count). The van der Waals surface area contributed by atoms with E-state index >= 15 is 4.39 Å². The van der Waals surface area contributed by atoms with E-state index in [1.54, 1.807) is 0 Å². The van der Waals surface area contributed by atoms with Crippen molar-refractivity contribution in [2.75, 3.05) is 5.32 Å². The Morgan fingerprint density at radius 1 is 1.06 bits per heavy atom. The molecule has 0 unspecified atom stereocenters. The monoisotopic (exact) mass is 436 g/mol. The minimum Gasteiger partial charge on any atom is -0.382 e. The van der Waals surface area contributed by atoms with Gasteiger partial charge in [-0.25, -0.2) is 4.39 Å². The quantitative estimate of drug-likeness (QED) is 0.643. The first kappa shape index (κ1) is 20.2. The summed E-state index contributed by atoms with van der Waals surface area (Å²) in [4.78, 5) is 24.9. The maximum Gasteiger partial charge on any atom is 0.165 e. The number of Topliss-reactive ketones (excluding diaryl/α,β-unsaturated/α-hetero) is 1. The summed E-state index contributed by atoms with van der Waals surface area (Å²) in [6.45, 7) is 0.858. The number of anilines is 1. The third kappa shape index (κ3) is 3.06. The average molecular weight is 437 g/mol. The standard InChI is InChI=1S/C26H29FN2O3/c27-20-9-17(10-21(18(20)13-30)28-16-5-2-1-3-6-16)29-22-11-26(7-4-8-26)12-24(31)25(22)19-14-32-15-23(19)29/h9-10,13,16,28H,1-8,11-12,14-15H2. The lowest BCUT2D eigenvalue weighted by molar-refractivity contribution is 0.0694. The van der Waals surface area contributed by atoms with Crippen molar-refractivity contribution in [3.63, 3.8) is 0 Å². The number of aldehydes is 1. The zero-order valence-electron chi connectivity index (χ0n) is 18.3. The molecule has 1 aromatic heterocycles. The van der Waals surface area contributed by atoms with Crippen LogP contribution in [0.2, 0.25) is 0 Å². The maximum atomic E-state index is 15.2. The molecular weight excluding hydrogens is 407 g/mol. The number of carbonyl (C=O) groups is 2. The van der Waals surface area contributed by atoms with Gasteiger partial charge in [-0.05, 0) is 49.7 Å². The number of ketones is 1. The second-order valence-corrected chi connectivity index (χ2v) is 10.2. The number of aromatic nitrogens is 1. The number of nitrogens with one attached hydrogen (secondary N) is 1. The van der Waals surface area contributed by atoms with Gasteiger partial charge in [-0.15, -0.1) is 0 Å². The average Bonchev–Trinajstić information content (AvgIpc) is 3.33. The molecule has 168 valence electrons.